The molecule has 3 rings (SSSR count). The molecule has 1 aromatic carbocycles. The van der Waals surface area contributed by atoms with Gasteiger partial charge in [0, 0.05) is 38.3 Å². The number of nitrogens with one attached hydrogen (secondary N) is 1. The van der Waals surface area contributed by atoms with Gasteiger partial charge in [-0.3, -0.25) is 4.79 Å². The number of nitrogens with zero attached hydrogens (tertiary/aromatic N) is 3. The highest BCUT2D eigenvalue weighted by molar-refractivity contribution is 14.0. The highest BCUT2D eigenvalue weighted by Gasteiger charge is 2.25. The number of methoxy groups -OCH3 is 1. The van der Waals surface area contributed by atoms with Gasteiger partial charge in [-0.1, -0.05) is 18.2 Å². The van der Waals surface area contributed by atoms with Crippen molar-refractivity contribution in [3.05, 3.63) is 54.0 Å². The molecule has 0 unspecified atom stereocenters. The molecule has 28 heavy (non-hydrogen) atoms. The van der Waals surface area contributed by atoms with Gasteiger partial charge in [0.2, 0.25) is 0 Å². The lowest BCUT2D eigenvalue weighted by molar-refractivity contribution is 0.0657. The van der Waals surface area contributed by atoms with Gasteiger partial charge >= 0.3 is 0 Å². The molecule has 1 N–H and O–H groups in total. The van der Waals surface area contributed by atoms with E-state index in [2.05, 4.69) is 17.1 Å². The van der Waals surface area contributed by atoms with Crippen LogP contribution in [0.4, 0.5) is 0 Å². The third-order valence-corrected chi connectivity index (χ3v) is 4.52. The van der Waals surface area contributed by atoms with Crippen molar-refractivity contribution in [2.75, 3.05) is 39.8 Å². The maximum atomic E-state index is 12.4. The summed E-state index contributed by atoms with van der Waals surface area (Å²) in [4.78, 5) is 21.2. The second kappa shape index (κ2) is 10.9. The quantitative estimate of drug-likeness (QED) is 0.390. The fourth-order valence-electron chi connectivity index (χ4n) is 3.10. The van der Waals surface area contributed by atoms with Crippen LogP contribution in [-0.2, 0) is 6.54 Å². The number of guanidine groups is 1. The fraction of sp³-hybridized carbons (Fsp3) is 0.400. The Kier molecular flexibility index (Phi) is 8.62. The molecule has 1 fully saturated rings. The summed E-state index contributed by atoms with van der Waals surface area (Å²) >= 11 is 0. The second-order valence-electron chi connectivity index (χ2n) is 6.24. The van der Waals surface area contributed by atoms with Crippen molar-refractivity contribution >= 4 is 35.8 Å². The average molecular weight is 498 g/mol. The first-order valence-electron chi connectivity index (χ1n) is 9.21. The number of carbonyl (C=O) groups is 1. The van der Waals surface area contributed by atoms with E-state index < -0.39 is 0 Å². The lowest BCUT2D eigenvalue weighted by Gasteiger charge is -2.36. The predicted molar refractivity (Wildman–Crippen MR) is 119 cm³/mol. The van der Waals surface area contributed by atoms with E-state index in [1.807, 2.05) is 29.2 Å². The summed E-state index contributed by atoms with van der Waals surface area (Å²) in [5.74, 6) is 2.02. The number of rotatable bonds is 5. The van der Waals surface area contributed by atoms with E-state index in [1.54, 1.807) is 19.2 Å². The number of carbonyl (C=O) groups excluding carboxylic acids is 1. The van der Waals surface area contributed by atoms with Crippen LogP contribution in [-0.4, -0.2) is 61.5 Å². The first kappa shape index (κ1) is 22.1. The Labute approximate surface area is 182 Å². The van der Waals surface area contributed by atoms with Crippen LogP contribution >= 0.6 is 24.0 Å². The van der Waals surface area contributed by atoms with Crippen molar-refractivity contribution in [1.29, 1.82) is 0 Å². The van der Waals surface area contributed by atoms with Crippen LogP contribution < -0.4 is 10.1 Å². The lowest BCUT2D eigenvalue weighted by atomic mass is 10.2. The van der Waals surface area contributed by atoms with Crippen LogP contribution in [0.2, 0.25) is 0 Å². The van der Waals surface area contributed by atoms with Gasteiger partial charge in [-0.15, -0.1) is 24.0 Å². The number of hydrogen-bond acceptors (Lipinski definition) is 4. The number of furan rings is 1. The molecule has 1 saturated heterocycles. The zero-order valence-corrected chi connectivity index (χ0v) is 18.6. The van der Waals surface area contributed by atoms with Gasteiger partial charge in [0.15, 0.2) is 11.7 Å². The van der Waals surface area contributed by atoms with E-state index in [1.165, 1.54) is 6.26 Å². The van der Waals surface area contributed by atoms with Gasteiger partial charge in [0.1, 0.15) is 5.75 Å². The highest BCUT2D eigenvalue weighted by atomic mass is 127. The zero-order valence-electron chi connectivity index (χ0n) is 16.3. The molecule has 0 bridgehead atoms. The number of hydrogen-bond donors (Lipinski definition) is 1. The van der Waals surface area contributed by atoms with Gasteiger partial charge < -0.3 is 24.3 Å². The van der Waals surface area contributed by atoms with Crippen LogP contribution in [0.3, 0.4) is 0 Å². The molecule has 0 radical (unpaired) electrons. The summed E-state index contributed by atoms with van der Waals surface area (Å²) in [6.45, 7) is 6.11. The molecule has 0 spiro atoms. The van der Waals surface area contributed by atoms with E-state index in [9.17, 15) is 4.79 Å². The number of benzene rings is 1. The maximum Gasteiger partial charge on any atom is 0.289 e. The number of halogens is 1. The average Bonchev–Trinajstić information content (AvgIpc) is 3.26. The Balaban J connectivity index is 0.00000280. The second-order valence-corrected chi connectivity index (χ2v) is 6.24. The van der Waals surface area contributed by atoms with Crippen molar-refractivity contribution < 1.29 is 13.9 Å². The van der Waals surface area contributed by atoms with E-state index >= 15 is 0 Å². The van der Waals surface area contributed by atoms with Gasteiger partial charge in [-0.05, 0) is 25.1 Å². The standard InChI is InChI=1S/C20H26N4O3.HI/c1-3-21-20(22-15-16-7-4-5-8-17(16)26-2)24-12-10-23(11-13-24)19(25)18-9-6-14-27-18;/h4-9,14H,3,10-13,15H2,1-2H3,(H,21,22);1H. The molecule has 2 aromatic rings. The van der Waals surface area contributed by atoms with Crippen molar-refractivity contribution in [3.8, 4) is 5.75 Å². The third-order valence-electron chi connectivity index (χ3n) is 4.52. The summed E-state index contributed by atoms with van der Waals surface area (Å²) < 4.78 is 10.6. The Hall–Kier alpha value is -2.23. The number of aliphatic imine (C=N–C) groups is 1. The minimum atomic E-state index is -0.0596. The van der Waals surface area contributed by atoms with Gasteiger partial charge in [-0.25, -0.2) is 4.99 Å². The summed E-state index contributed by atoms with van der Waals surface area (Å²) in [6.07, 6.45) is 1.53. The molecule has 0 aliphatic carbocycles. The molecule has 7 nitrogen and oxygen atoms in total. The van der Waals surface area contributed by atoms with Crippen molar-refractivity contribution in [2.45, 2.75) is 13.5 Å². The van der Waals surface area contributed by atoms with Crippen LogP contribution in [0.5, 0.6) is 5.75 Å². The van der Waals surface area contributed by atoms with Crippen molar-refractivity contribution in [3.63, 3.8) is 0 Å². The van der Waals surface area contributed by atoms with Crippen molar-refractivity contribution in [2.24, 2.45) is 4.99 Å². The van der Waals surface area contributed by atoms with E-state index in [0.29, 0.717) is 25.4 Å². The monoisotopic (exact) mass is 498 g/mol. The Morgan fingerprint density at radius 1 is 1.14 bits per heavy atom. The smallest absolute Gasteiger partial charge is 0.289 e. The Morgan fingerprint density at radius 2 is 1.86 bits per heavy atom. The summed E-state index contributed by atoms with van der Waals surface area (Å²) in [5, 5.41) is 3.34. The van der Waals surface area contributed by atoms with Crippen LogP contribution in [0.15, 0.2) is 52.1 Å². The van der Waals surface area contributed by atoms with Crippen LogP contribution in [0.25, 0.3) is 0 Å². The Morgan fingerprint density at radius 3 is 2.50 bits per heavy atom. The number of piperazine rings is 1. The minimum absolute atomic E-state index is 0. The van der Waals surface area contributed by atoms with Crippen LogP contribution in [0.1, 0.15) is 23.0 Å². The van der Waals surface area contributed by atoms with E-state index in [4.69, 9.17) is 14.1 Å². The third kappa shape index (κ3) is 5.40. The molecule has 2 heterocycles. The number of amides is 1. The topological polar surface area (TPSA) is 70.3 Å². The van der Waals surface area contributed by atoms with Gasteiger partial charge in [0.05, 0.1) is 19.9 Å². The number of ether oxygens (including phenoxy) is 1. The normalized spacial score (nSPS) is 14.4. The highest BCUT2D eigenvalue weighted by Crippen LogP contribution is 2.18. The SMILES string of the molecule is CCNC(=NCc1ccccc1OC)N1CCN(C(=O)c2ccco2)CC1.I. The Bertz CT molecular complexity index is 772. The predicted octanol–water partition coefficient (Wildman–Crippen LogP) is 2.83. The number of para-hydroxylation sites is 1. The lowest BCUT2D eigenvalue weighted by Crippen LogP contribution is -2.53. The molecular weight excluding hydrogens is 471 g/mol. The maximum absolute atomic E-state index is 12.4. The van der Waals surface area contributed by atoms with E-state index in [0.717, 1.165) is 36.9 Å². The summed E-state index contributed by atoms with van der Waals surface area (Å²) in [7, 11) is 1.67. The van der Waals surface area contributed by atoms with Crippen LogP contribution in [0, 0.1) is 0 Å². The molecular formula is C20H27IN4O3. The summed E-state index contributed by atoms with van der Waals surface area (Å²) in [5.41, 5.74) is 1.04. The largest absolute Gasteiger partial charge is 0.496 e. The summed E-state index contributed by atoms with van der Waals surface area (Å²) in [6, 6.07) is 11.3. The molecule has 1 aliphatic rings. The van der Waals surface area contributed by atoms with Crippen molar-refractivity contribution in [1.82, 2.24) is 15.1 Å². The molecule has 1 amide bonds. The minimum Gasteiger partial charge on any atom is -0.496 e. The molecule has 8 heteroatoms. The van der Waals surface area contributed by atoms with Gasteiger partial charge in [0.25, 0.3) is 5.91 Å². The first-order chi connectivity index (χ1) is 13.2. The first-order valence-corrected chi connectivity index (χ1v) is 9.21. The fourth-order valence-corrected chi connectivity index (χ4v) is 3.10. The van der Waals surface area contributed by atoms with E-state index in [-0.39, 0.29) is 29.9 Å². The molecule has 0 saturated carbocycles. The molecule has 1 aromatic heterocycles. The van der Waals surface area contributed by atoms with Gasteiger partial charge in [-0.2, -0.15) is 0 Å². The zero-order chi connectivity index (χ0) is 19.1. The molecule has 152 valence electrons. The molecule has 0 atom stereocenters. The molecule has 1 aliphatic heterocycles.